The zero-order valence-electron chi connectivity index (χ0n) is 9.71. The van der Waals surface area contributed by atoms with Crippen LogP contribution in [0.5, 0.6) is 0 Å². The molecule has 86 valence electrons. The second-order valence-electron chi connectivity index (χ2n) is 4.07. The van der Waals surface area contributed by atoms with Crippen molar-refractivity contribution in [2.45, 2.75) is 25.9 Å². The molecule has 0 aliphatic carbocycles. The third-order valence-corrected chi connectivity index (χ3v) is 3.10. The molecule has 0 amide bonds. The van der Waals surface area contributed by atoms with Gasteiger partial charge in [0.05, 0.1) is 12.2 Å². The van der Waals surface area contributed by atoms with Crippen LogP contribution >= 0.6 is 11.3 Å². The summed E-state index contributed by atoms with van der Waals surface area (Å²) in [6.07, 6.45) is 5.76. The van der Waals surface area contributed by atoms with E-state index in [0.29, 0.717) is 6.04 Å². The van der Waals surface area contributed by atoms with E-state index in [0.717, 1.165) is 10.6 Å². The van der Waals surface area contributed by atoms with E-state index in [2.05, 4.69) is 29.2 Å². The van der Waals surface area contributed by atoms with E-state index in [4.69, 9.17) is 0 Å². The number of aryl methyl sites for hydroxylation is 1. The zero-order chi connectivity index (χ0) is 11.5. The maximum absolute atomic E-state index is 4.37. The Morgan fingerprint density at radius 3 is 2.75 bits per heavy atom. The molecule has 5 heteroatoms. The van der Waals surface area contributed by atoms with Crippen molar-refractivity contribution in [1.82, 2.24) is 20.1 Å². The lowest BCUT2D eigenvalue weighted by Crippen LogP contribution is -2.28. The molecule has 0 fully saturated rings. The molecule has 0 spiro atoms. The van der Waals surface area contributed by atoms with E-state index < -0.39 is 0 Å². The topological polar surface area (TPSA) is 42.7 Å². The van der Waals surface area contributed by atoms with Crippen molar-refractivity contribution >= 4 is 11.3 Å². The van der Waals surface area contributed by atoms with Crippen molar-refractivity contribution in [3.05, 3.63) is 34.5 Å². The molecule has 1 unspecified atom stereocenters. The monoisotopic (exact) mass is 236 g/mol. The van der Waals surface area contributed by atoms with Gasteiger partial charge >= 0.3 is 0 Å². The molecule has 16 heavy (non-hydrogen) atoms. The van der Waals surface area contributed by atoms with Gasteiger partial charge in [-0.25, -0.2) is 4.98 Å². The Morgan fingerprint density at radius 1 is 1.44 bits per heavy atom. The van der Waals surface area contributed by atoms with Crippen molar-refractivity contribution in [3.8, 4) is 0 Å². The van der Waals surface area contributed by atoms with Crippen LogP contribution in [0.4, 0.5) is 0 Å². The predicted octanol–water partition coefficient (Wildman–Crippen LogP) is 1.96. The Bertz CT molecular complexity index is 433. The van der Waals surface area contributed by atoms with Gasteiger partial charge in [0.1, 0.15) is 5.01 Å². The quantitative estimate of drug-likeness (QED) is 0.882. The number of rotatable bonds is 4. The van der Waals surface area contributed by atoms with Gasteiger partial charge in [0.2, 0.25) is 0 Å². The summed E-state index contributed by atoms with van der Waals surface area (Å²) in [7, 11) is 1.93. The van der Waals surface area contributed by atoms with Crippen LogP contribution in [0.3, 0.4) is 0 Å². The van der Waals surface area contributed by atoms with Gasteiger partial charge < -0.3 is 5.32 Å². The number of aromatic nitrogens is 3. The van der Waals surface area contributed by atoms with Crippen LogP contribution in [0.1, 0.15) is 30.5 Å². The fourth-order valence-corrected chi connectivity index (χ4v) is 2.33. The van der Waals surface area contributed by atoms with Crippen LogP contribution in [0, 0.1) is 0 Å². The molecule has 0 aliphatic heterocycles. The number of nitrogens with zero attached hydrogens (tertiary/aromatic N) is 3. The predicted molar refractivity (Wildman–Crippen MR) is 65.4 cm³/mol. The summed E-state index contributed by atoms with van der Waals surface area (Å²) in [5.41, 5.74) is 1.16. The second kappa shape index (κ2) is 4.76. The molecule has 0 aromatic carbocycles. The molecule has 0 saturated carbocycles. The lowest BCUT2D eigenvalue weighted by atomic mass is 10.1. The van der Waals surface area contributed by atoms with E-state index in [1.807, 2.05) is 35.7 Å². The minimum absolute atomic E-state index is 0.147. The molecule has 0 radical (unpaired) electrons. The Morgan fingerprint density at radius 2 is 2.25 bits per heavy atom. The highest BCUT2D eigenvalue weighted by molar-refractivity contribution is 7.09. The fourth-order valence-electron chi connectivity index (χ4n) is 1.61. The van der Waals surface area contributed by atoms with Gasteiger partial charge in [0, 0.05) is 36.4 Å². The van der Waals surface area contributed by atoms with Crippen LogP contribution < -0.4 is 5.32 Å². The van der Waals surface area contributed by atoms with Gasteiger partial charge in [-0.2, -0.15) is 5.10 Å². The summed E-state index contributed by atoms with van der Waals surface area (Å²) >= 11 is 1.67. The van der Waals surface area contributed by atoms with Crippen LogP contribution in [0.25, 0.3) is 0 Å². The highest BCUT2D eigenvalue weighted by Gasteiger charge is 2.18. The number of hydrogen-bond acceptors (Lipinski definition) is 4. The van der Waals surface area contributed by atoms with Crippen LogP contribution in [-0.2, 0) is 7.05 Å². The van der Waals surface area contributed by atoms with Crippen molar-refractivity contribution in [1.29, 1.82) is 0 Å². The maximum atomic E-state index is 4.37. The molecule has 2 heterocycles. The van der Waals surface area contributed by atoms with Gasteiger partial charge in [-0.05, 0) is 13.8 Å². The first-order valence-corrected chi connectivity index (χ1v) is 6.18. The van der Waals surface area contributed by atoms with Crippen LogP contribution in [-0.4, -0.2) is 20.8 Å². The van der Waals surface area contributed by atoms with E-state index >= 15 is 0 Å². The highest BCUT2D eigenvalue weighted by Crippen LogP contribution is 2.23. The zero-order valence-corrected chi connectivity index (χ0v) is 10.5. The third kappa shape index (κ3) is 2.48. The molecule has 1 atom stereocenters. The van der Waals surface area contributed by atoms with Crippen LogP contribution in [0.2, 0.25) is 0 Å². The van der Waals surface area contributed by atoms with Crippen molar-refractivity contribution in [2.24, 2.45) is 7.05 Å². The summed E-state index contributed by atoms with van der Waals surface area (Å²) in [5, 5.41) is 10.8. The summed E-state index contributed by atoms with van der Waals surface area (Å²) in [6, 6.07) is 0.558. The van der Waals surface area contributed by atoms with Crippen molar-refractivity contribution in [3.63, 3.8) is 0 Å². The maximum Gasteiger partial charge on any atom is 0.114 e. The first kappa shape index (κ1) is 11.3. The summed E-state index contributed by atoms with van der Waals surface area (Å²) in [6.45, 7) is 4.27. The number of thiazole rings is 1. The highest BCUT2D eigenvalue weighted by atomic mass is 32.1. The van der Waals surface area contributed by atoms with E-state index in [1.165, 1.54) is 0 Å². The van der Waals surface area contributed by atoms with Crippen molar-refractivity contribution in [2.75, 3.05) is 0 Å². The van der Waals surface area contributed by atoms with Gasteiger partial charge in [0.15, 0.2) is 0 Å². The molecule has 2 aromatic heterocycles. The van der Waals surface area contributed by atoms with E-state index in [9.17, 15) is 0 Å². The fraction of sp³-hybridized carbons (Fsp3) is 0.455. The van der Waals surface area contributed by atoms with Gasteiger partial charge in [-0.1, -0.05) is 0 Å². The molecule has 0 saturated heterocycles. The number of hydrogen-bond donors (Lipinski definition) is 1. The SMILES string of the molecule is CC(C)NC(c1cnn(C)c1)c1nccs1. The normalized spacial score (nSPS) is 13.2. The molecule has 2 rings (SSSR count). The van der Waals surface area contributed by atoms with Crippen molar-refractivity contribution < 1.29 is 0 Å². The standard InChI is InChI=1S/C11H16N4S/c1-8(2)14-10(11-12-4-5-16-11)9-6-13-15(3)7-9/h4-8,10,14H,1-3H3. The second-order valence-corrected chi connectivity index (χ2v) is 5.00. The first-order valence-electron chi connectivity index (χ1n) is 5.31. The number of nitrogens with one attached hydrogen (secondary N) is 1. The lowest BCUT2D eigenvalue weighted by Gasteiger charge is -2.17. The molecule has 0 aliphatic rings. The summed E-state index contributed by atoms with van der Waals surface area (Å²) in [5.74, 6) is 0. The Hall–Kier alpha value is -1.20. The van der Waals surface area contributed by atoms with Crippen LogP contribution in [0.15, 0.2) is 24.0 Å². The molecule has 0 bridgehead atoms. The van der Waals surface area contributed by atoms with Gasteiger partial charge in [0.25, 0.3) is 0 Å². The minimum Gasteiger partial charge on any atom is -0.302 e. The molecule has 2 aromatic rings. The molecular weight excluding hydrogens is 220 g/mol. The first-order chi connectivity index (χ1) is 7.66. The van der Waals surface area contributed by atoms with E-state index in [1.54, 1.807) is 11.3 Å². The minimum atomic E-state index is 0.147. The average molecular weight is 236 g/mol. The largest absolute Gasteiger partial charge is 0.302 e. The summed E-state index contributed by atoms with van der Waals surface area (Å²) in [4.78, 5) is 4.37. The average Bonchev–Trinajstić information content (AvgIpc) is 2.84. The summed E-state index contributed by atoms with van der Waals surface area (Å²) < 4.78 is 1.82. The van der Waals surface area contributed by atoms with E-state index in [-0.39, 0.29) is 6.04 Å². The van der Waals surface area contributed by atoms with Gasteiger partial charge in [-0.15, -0.1) is 11.3 Å². The molecule has 1 N–H and O–H groups in total. The molecular formula is C11H16N4S. The third-order valence-electron chi connectivity index (χ3n) is 2.26. The lowest BCUT2D eigenvalue weighted by molar-refractivity contribution is 0.526. The smallest absolute Gasteiger partial charge is 0.114 e. The molecule has 4 nitrogen and oxygen atoms in total. The van der Waals surface area contributed by atoms with Gasteiger partial charge in [-0.3, -0.25) is 4.68 Å². The Labute approximate surface area is 99.3 Å². The Kier molecular flexibility index (Phi) is 3.36. The Balaban J connectivity index is 2.28.